The van der Waals surface area contributed by atoms with Crippen molar-refractivity contribution in [3.8, 4) is 5.75 Å². The van der Waals surface area contributed by atoms with Crippen molar-refractivity contribution in [3.63, 3.8) is 0 Å². The number of phenols is 1. The number of rotatable bonds is 6. The molecule has 0 saturated carbocycles. The molecule has 0 spiro atoms. The number of nitrogens with zero attached hydrogens (tertiary/aromatic N) is 3. The molecule has 4 aromatic rings. The molecule has 2 heterocycles. The van der Waals surface area contributed by atoms with Gasteiger partial charge in [-0.1, -0.05) is 41.4 Å². The highest BCUT2D eigenvalue weighted by Gasteiger charge is 2.16. The van der Waals surface area contributed by atoms with Gasteiger partial charge in [0.1, 0.15) is 18.1 Å². The van der Waals surface area contributed by atoms with Crippen molar-refractivity contribution in [1.82, 2.24) is 15.0 Å². The van der Waals surface area contributed by atoms with Gasteiger partial charge in [-0.25, -0.2) is 10.4 Å². The van der Waals surface area contributed by atoms with E-state index in [0.717, 1.165) is 16.2 Å². The number of hydrogen-bond donors (Lipinski definition) is 2. The van der Waals surface area contributed by atoms with Crippen LogP contribution in [0.3, 0.4) is 0 Å². The monoisotopic (exact) mass is 458 g/mol. The van der Waals surface area contributed by atoms with E-state index in [0.29, 0.717) is 27.5 Å². The van der Waals surface area contributed by atoms with Crippen LogP contribution in [0.25, 0.3) is 11.0 Å². The number of para-hydroxylation sites is 1. The molecule has 2 aromatic heterocycles. The zero-order chi connectivity index (χ0) is 21.1. The molecule has 2 N–H and O–H groups in total. The minimum Gasteiger partial charge on any atom is -0.507 e. The predicted octanol–water partition coefficient (Wildman–Crippen LogP) is 4.85. The summed E-state index contributed by atoms with van der Waals surface area (Å²) in [5.41, 5.74) is 4.38. The van der Waals surface area contributed by atoms with Crippen LogP contribution in [0.4, 0.5) is 0 Å². The molecule has 9 heteroatoms. The number of fused-ring (bicyclic) bond motifs is 1. The molecule has 0 radical (unpaired) electrons. The average molecular weight is 459 g/mol. The summed E-state index contributed by atoms with van der Waals surface area (Å²) in [7, 11) is 0. The van der Waals surface area contributed by atoms with Gasteiger partial charge < -0.3 is 9.67 Å². The SMILES string of the molecule is O=C(Cn1c(Cc2cccs2)nc2cc(Cl)c(Cl)cc21)NN=Cc1ccccc1O. The molecule has 0 aliphatic rings. The van der Waals surface area contributed by atoms with Crippen molar-refractivity contribution in [1.29, 1.82) is 0 Å². The van der Waals surface area contributed by atoms with E-state index in [2.05, 4.69) is 15.5 Å². The number of carbonyl (C=O) groups is 1. The Kier molecular flexibility index (Phi) is 6.03. The number of thiophene rings is 1. The van der Waals surface area contributed by atoms with E-state index in [1.54, 1.807) is 47.7 Å². The number of halogens is 2. The Bertz CT molecular complexity index is 1240. The molecule has 0 atom stereocenters. The Morgan fingerprint density at radius 3 is 2.77 bits per heavy atom. The number of hydrazone groups is 1. The minimum absolute atomic E-state index is 0.00722. The summed E-state index contributed by atoms with van der Waals surface area (Å²) in [5.74, 6) is 0.478. The third-order valence-corrected chi connectivity index (χ3v) is 6.01. The number of aromatic hydroxyl groups is 1. The van der Waals surface area contributed by atoms with Crippen LogP contribution in [-0.2, 0) is 17.8 Å². The predicted molar refractivity (Wildman–Crippen MR) is 121 cm³/mol. The normalized spacial score (nSPS) is 11.4. The second-order valence-corrected chi connectivity index (χ2v) is 8.32. The maximum Gasteiger partial charge on any atom is 0.260 e. The molecule has 30 heavy (non-hydrogen) atoms. The van der Waals surface area contributed by atoms with E-state index < -0.39 is 0 Å². The van der Waals surface area contributed by atoms with Gasteiger partial charge in [-0.05, 0) is 35.7 Å². The van der Waals surface area contributed by atoms with Gasteiger partial charge in [0.05, 0.1) is 27.3 Å². The maximum atomic E-state index is 12.5. The van der Waals surface area contributed by atoms with Crippen molar-refractivity contribution >= 4 is 57.7 Å². The second kappa shape index (κ2) is 8.87. The number of benzene rings is 2. The van der Waals surface area contributed by atoms with Gasteiger partial charge in [0.2, 0.25) is 0 Å². The van der Waals surface area contributed by atoms with Crippen LogP contribution in [0.5, 0.6) is 5.75 Å². The summed E-state index contributed by atoms with van der Waals surface area (Å²) in [6.45, 7) is 0.00722. The molecule has 0 unspecified atom stereocenters. The van der Waals surface area contributed by atoms with Crippen molar-refractivity contribution in [2.45, 2.75) is 13.0 Å². The first kappa shape index (κ1) is 20.4. The van der Waals surface area contributed by atoms with Crippen LogP contribution < -0.4 is 5.43 Å². The van der Waals surface area contributed by atoms with Gasteiger partial charge in [0, 0.05) is 16.9 Å². The van der Waals surface area contributed by atoms with Crippen molar-refractivity contribution in [2.75, 3.05) is 0 Å². The largest absolute Gasteiger partial charge is 0.507 e. The molecule has 4 rings (SSSR count). The highest BCUT2D eigenvalue weighted by molar-refractivity contribution is 7.09. The first-order chi connectivity index (χ1) is 14.5. The Morgan fingerprint density at radius 1 is 1.20 bits per heavy atom. The first-order valence-corrected chi connectivity index (χ1v) is 10.6. The lowest BCUT2D eigenvalue weighted by molar-refractivity contribution is -0.121. The summed E-state index contributed by atoms with van der Waals surface area (Å²) in [6, 6.07) is 14.1. The summed E-state index contributed by atoms with van der Waals surface area (Å²) in [5, 5.41) is 16.5. The highest BCUT2D eigenvalue weighted by Crippen LogP contribution is 2.29. The number of aromatic nitrogens is 2. The average Bonchev–Trinajstić information content (AvgIpc) is 3.33. The third-order valence-electron chi connectivity index (χ3n) is 4.41. The zero-order valence-corrected chi connectivity index (χ0v) is 17.9. The number of phenolic OH excluding ortho intramolecular Hbond substituents is 1. The number of imidazole rings is 1. The molecule has 1 amide bonds. The fourth-order valence-electron chi connectivity index (χ4n) is 3.00. The first-order valence-electron chi connectivity index (χ1n) is 8.97. The Labute approximate surface area is 186 Å². The fraction of sp³-hybridized carbons (Fsp3) is 0.0952. The van der Waals surface area contributed by atoms with Gasteiger partial charge in [-0.2, -0.15) is 5.10 Å². The lowest BCUT2D eigenvalue weighted by Gasteiger charge is -2.08. The third kappa shape index (κ3) is 4.48. The van der Waals surface area contributed by atoms with E-state index in [1.807, 2.05) is 22.1 Å². The summed E-state index contributed by atoms with van der Waals surface area (Å²) < 4.78 is 1.81. The number of nitrogens with one attached hydrogen (secondary N) is 1. The topological polar surface area (TPSA) is 79.5 Å². The van der Waals surface area contributed by atoms with Gasteiger partial charge in [-0.15, -0.1) is 11.3 Å². The summed E-state index contributed by atoms with van der Waals surface area (Å²) in [4.78, 5) is 18.3. The van der Waals surface area contributed by atoms with E-state index in [-0.39, 0.29) is 18.2 Å². The fourth-order valence-corrected chi connectivity index (χ4v) is 4.02. The lowest BCUT2D eigenvalue weighted by Crippen LogP contribution is -2.24. The van der Waals surface area contributed by atoms with Gasteiger partial charge in [0.25, 0.3) is 5.91 Å². The van der Waals surface area contributed by atoms with Crippen LogP contribution in [0.2, 0.25) is 10.0 Å². The molecule has 2 aromatic carbocycles. The Morgan fingerprint density at radius 2 is 2.00 bits per heavy atom. The van der Waals surface area contributed by atoms with Gasteiger partial charge in [0.15, 0.2) is 0 Å². The molecular weight excluding hydrogens is 443 g/mol. The van der Waals surface area contributed by atoms with Gasteiger partial charge >= 0.3 is 0 Å². The molecule has 0 saturated heterocycles. The molecular formula is C21H16Cl2N4O2S. The smallest absolute Gasteiger partial charge is 0.260 e. The molecule has 0 aliphatic heterocycles. The number of carbonyl (C=O) groups excluding carboxylic acids is 1. The number of amides is 1. The standard InChI is InChI=1S/C21H16Cl2N4O2S/c22-15-9-17-18(10-16(15)23)27(20(25-17)8-14-5-3-7-30-14)12-21(29)26-24-11-13-4-1-2-6-19(13)28/h1-7,9-11,28H,8,12H2,(H,26,29). The lowest BCUT2D eigenvalue weighted by atomic mass is 10.2. The van der Waals surface area contributed by atoms with Crippen LogP contribution in [0.1, 0.15) is 16.3 Å². The van der Waals surface area contributed by atoms with Crippen LogP contribution >= 0.6 is 34.5 Å². The Hall–Kier alpha value is -2.87. The van der Waals surface area contributed by atoms with Crippen LogP contribution in [0, 0.1) is 0 Å². The Balaban J connectivity index is 1.59. The van der Waals surface area contributed by atoms with Crippen molar-refractivity contribution < 1.29 is 9.90 Å². The quantitative estimate of drug-likeness (QED) is 0.320. The molecule has 0 aliphatic carbocycles. The summed E-state index contributed by atoms with van der Waals surface area (Å²) in [6.07, 6.45) is 1.97. The van der Waals surface area contributed by atoms with E-state index >= 15 is 0 Å². The van der Waals surface area contributed by atoms with Crippen molar-refractivity contribution in [3.05, 3.63) is 80.2 Å². The zero-order valence-electron chi connectivity index (χ0n) is 15.5. The van der Waals surface area contributed by atoms with Crippen LogP contribution in [0.15, 0.2) is 59.0 Å². The van der Waals surface area contributed by atoms with Gasteiger partial charge in [-0.3, -0.25) is 4.79 Å². The minimum atomic E-state index is -0.334. The second-order valence-electron chi connectivity index (χ2n) is 6.48. The molecule has 6 nitrogen and oxygen atoms in total. The van der Waals surface area contributed by atoms with E-state index in [9.17, 15) is 9.90 Å². The molecule has 152 valence electrons. The van der Waals surface area contributed by atoms with Crippen molar-refractivity contribution in [2.24, 2.45) is 5.10 Å². The van der Waals surface area contributed by atoms with E-state index in [4.69, 9.17) is 23.2 Å². The maximum absolute atomic E-state index is 12.5. The number of hydrogen-bond acceptors (Lipinski definition) is 5. The summed E-state index contributed by atoms with van der Waals surface area (Å²) >= 11 is 14.0. The highest BCUT2D eigenvalue weighted by atomic mass is 35.5. The van der Waals surface area contributed by atoms with Crippen LogP contribution in [-0.4, -0.2) is 26.8 Å². The molecule has 0 bridgehead atoms. The molecule has 0 fully saturated rings. The van der Waals surface area contributed by atoms with E-state index in [1.165, 1.54) is 6.21 Å².